The predicted molar refractivity (Wildman–Crippen MR) is 113 cm³/mol. The van der Waals surface area contributed by atoms with Gasteiger partial charge in [0, 0.05) is 29.7 Å². The van der Waals surface area contributed by atoms with E-state index < -0.39 is 0 Å². The summed E-state index contributed by atoms with van der Waals surface area (Å²) >= 11 is 0. The lowest BCUT2D eigenvalue weighted by molar-refractivity contribution is -0.137. The van der Waals surface area contributed by atoms with Gasteiger partial charge in [0.15, 0.2) is 0 Å². The molecule has 1 aromatic heterocycles. The van der Waals surface area contributed by atoms with E-state index in [0.717, 1.165) is 32.4 Å². The van der Waals surface area contributed by atoms with Gasteiger partial charge in [0.2, 0.25) is 0 Å². The van der Waals surface area contributed by atoms with Gasteiger partial charge in [0.25, 0.3) is 0 Å². The van der Waals surface area contributed by atoms with Gasteiger partial charge in [-0.1, -0.05) is 31.5 Å². The van der Waals surface area contributed by atoms with Gasteiger partial charge in [0.05, 0.1) is 32.1 Å². The second-order valence-corrected chi connectivity index (χ2v) is 7.63. The third kappa shape index (κ3) is 3.42. The van der Waals surface area contributed by atoms with Crippen LogP contribution in [0.1, 0.15) is 37.1 Å². The number of rotatable bonds is 4. The van der Waals surface area contributed by atoms with Crippen LogP contribution in [0.15, 0.2) is 36.1 Å². The number of benzene rings is 1. The van der Waals surface area contributed by atoms with Crippen LogP contribution in [0.3, 0.4) is 0 Å². The number of halogens is 1. The number of nitrogens with zero attached hydrogens (tertiary/aromatic N) is 1. The van der Waals surface area contributed by atoms with E-state index in [0.29, 0.717) is 17.5 Å². The molecule has 1 fully saturated rings. The van der Waals surface area contributed by atoms with Crippen molar-refractivity contribution in [2.45, 2.75) is 32.2 Å². The molecule has 4 rings (SSSR count). The van der Waals surface area contributed by atoms with E-state index in [9.17, 15) is 4.79 Å². The number of methoxy groups -OCH3 is 2. The van der Waals surface area contributed by atoms with Crippen molar-refractivity contribution >= 4 is 29.3 Å². The summed E-state index contributed by atoms with van der Waals surface area (Å²) in [5.74, 6) is 0.287. The molecule has 3 heterocycles. The zero-order valence-corrected chi connectivity index (χ0v) is 17.6. The van der Waals surface area contributed by atoms with Gasteiger partial charge >= 0.3 is 5.97 Å². The molecule has 2 aromatic rings. The Bertz CT molecular complexity index is 876. The van der Waals surface area contributed by atoms with Crippen LogP contribution in [-0.4, -0.2) is 43.2 Å². The summed E-state index contributed by atoms with van der Waals surface area (Å²) in [6.07, 6.45) is 4.60. The minimum Gasteiger partial charge on any atom is -0.504 e. The second kappa shape index (κ2) is 8.58. The van der Waals surface area contributed by atoms with Gasteiger partial charge < -0.3 is 14.5 Å². The molecule has 0 aliphatic carbocycles. The number of aromatic amines is 1. The molecule has 1 N–H and O–H groups in total. The molecular formula is C22H29ClN2O3. The molecule has 0 bridgehead atoms. The molecule has 3 atom stereocenters. The van der Waals surface area contributed by atoms with Crippen LogP contribution >= 0.6 is 12.4 Å². The summed E-state index contributed by atoms with van der Waals surface area (Å²) in [6.45, 7) is 4.28. The van der Waals surface area contributed by atoms with E-state index in [1.807, 2.05) is 0 Å². The van der Waals surface area contributed by atoms with E-state index in [1.165, 1.54) is 29.3 Å². The van der Waals surface area contributed by atoms with Crippen molar-refractivity contribution in [3.05, 3.63) is 47.4 Å². The maximum absolute atomic E-state index is 12.4. The van der Waals surface area contributed by atoms with Crippen LogP contribution in [0.25, 0.3) is 10.9 Å². The van der Waals surface area contributed by atoms with E-state index in [4.69, 9.17) is 9.47 Å². The summed E-state index contributed by atoms with van der Waals surface area (Å²) in [5.41, 5.74) is 4.63. The van der Waals surface area contributed by atoms with Gasteiger partial charge in [-0.3, -0.25) is 4.90 Å². The predicted octanol–water partition coefficient (Wildman–Crippen LogP) is 4.24. The van der Waals surface area contributed by atoms with Crippen molar-refractivity contribution in [2.75, 3.05) is 27.3 Å². The number of H-pyrrole nitrogens is 1. The smallest absolute Gasteiger partial charge is 0.337 e. The number of fused-ring (bicyclic) bond motifs is 5. The molecule has 0 radical (unpaired) electrons. The van der Waals surface area contributed by atoms with Gasteiger partial charge in [-0.15, -0.1) is 12.4 Å². The molecule has 0 spiro atoms. The summed E-state index contributed by atoms with van der Waals surface area (Å²) in [5, 5.41) is 1.34. The van der Waals surface area contributed by atoms with Gasteiger partial charge in [-0.25, -0.2) is 4.79 Å². The number of esters is 1. The highest BCUT2D eigenvalue weighted by Gasteiger charge is 2.42. The molecule has 0 unspecified atom stereocenters. The average Bonchev–Trinajstić information content (AvgIpc) is 3.09. The Labute approximate surface area is 172 Å². The van der Waals surface area contributed by atoms with Crippen LogP contribution in [0.4, 0.5) is 0 Å². The first-order chi connectivity index (χ1) is 13.2. The van der Waals surface area contributed by atoms with Gasteiger partial charge in [-0.2, -0.15) is 0 Å². The average molecular weight is 405 g/mol. The molecular weight excluding hydrogens is 376 g/mol. The molecule has 5 nitrogen and oxygen atoms in total. The van der Waals surface area contributed by atoms with Crippen molar-refractivity contribution in [3.8, 4) is 0 Å². The second-order valence-electron chi connectivity index (χ2n) is 7.63. The van der Waals surface area contributed by atoms with Crippen LogP contribution in [0.5, 0.6) is 0 Å². The number of carbonyl (C=O) groups is 1. The van der Waals surface area contributed by atoms with E-state index >= 15 is 0 Å². The number of hydrogen-bond acceptors (Lipinski definition) is 4. The first-order valence-corrected chi connectivity index (χ1v) is 9.82. The third-order valence-corrected chi connectivity index (χ3v) is 6.37. The van der Waals surface area contributed by atoms with E-state index in [1.54, 1.807) is 13.4 Å². The van der Waals surface area contributed by atoms with Crippen molar-refractivity contribution in [3.63, 3.8) is 0 Å². The van der Waals surface area contributed by atoms with Crippen LogP contribution in [0, 0.1) is 11.8 Å². The molecule has 1 saturated heterocycles. The van der Waals surface area contributed by atoms with E-state index in [2.05, 4.69) is 41.1 Å². The zero-order valence-electron chi connectivity index (χ0n) is 16.7. The standard InChI is InChI=1S/C22H28N2O3.ClH/c1-4-14-12-24-10-9-16-15-7-5-6-8-19(15)23-21(16)20(24)11-17(14)18(13-26-2)22(25)27-3;/h5-8,13-14,17,20,23H,4,9-12H2,1-3H3;1H/b18-13+;/t14-,17+,20+;/m1./s1. The molecule has 28 heavy (non-hydrogen) atoms. The fraction of sp³-hybridized carbons (Fsp3) is 0.500. The maximum Gasteiger partial charge on any atom is 0.337 e. The SMILES string of the molecule is CC[C@@H]1CN2CCc3c([nH]c4ccccc34)[C@@H]2C[C@@H]1/C(=C\OC)C(=O)OC.Cl. The Kier molecular flexibility index (Phi) is 6.36. The quantitative estimate of drug-likeness (QED) is 0.470. The molecule has 6 heteroatoms. The number of hydrogen-bond donors (Lipinski definition) is 1. The fourth-order valence-corrected chi connectivity index (χ4v) is 5.04. The molecule has 2 aliphatic heterocycles. The lowest BCUT2D eigenvalue weighted by atomic mass is 9.74. The first-order valence-electron chi connectivity index (χ1n) is 9.82. The number of para-hydroxylation sites is 1. The highest BCUT2D eigenvalue weighted by atomic mass is 35.5. The monoisotopic (exact) mass is 404 g/mol. The van der Waals surface area contributed by atoms with Gasteiger partial charge in [0.1, 0.15) is 0 Å². The Morgan fingerprint density at radius 2 is 2.11 bits per heavy atom. The summed E-state index contributed by atoms with van der Waals surface area (Å²) in [4.78, 5) is 18.7. The number of ether oxygens (including phenoxy) is 2. The first kappa shape index (κ1) is 20.7. The minimum atomic E-state index is -0.276. The molecule has 2 aliphatic rings. The maximum atomic E-state index is 12.4. The topological polar surface area (TPSA) is 54.6 Å². The number of carbonyl (C=O) groups excluding carboxylic acids is 1. The van der Waals surface area contributed by atoms with E-state index in [-0.39, 0.29) is 24.3 Å². The Balaban J connectivity index is 0.00000225. The lowest BCUT2D eigenvalue weighted by Gasteiger charge is -2.46. The third-order valence-electron chi connectivity index (χ3n) is 6.37. The van der Waals surface area contributed by atoms with Crippen molar-refractivity contribution in [2.24, 2.45) is 11.8 Å². The largest absolute Gasteiger partial charge is 0.504 e. The van der Waals surface area contributed by atoms with Crippen molar-refractivity contribution < 1.29 is 14.3 Å². The van der Waals surface area contributed by atoms with Crippen molar-refractivity contribution in [1.29, 1.82) is 0 Å². The normalized spacial score (nSPS) is 24.8. The van der Waals surface area contributed by atoms with Crippen LogP contribution in [-0.2, 0) is 20.7 Å². The summed E-state index contributed by atoms with van der Waals surface area (Å²) in [7, 11) is 3.04. The highest BCUT2D eigenvalue weighted by molar-refractivity contribution is 5.89. The Hall–Kier alpha value is -1.98. The summed E-state index contributed by atoms with van der Waals surface area (Å²) < 4.78 is 10.3. The number of nitrogens with one attached hydrogen (secondary N) is 1. The molecule has 0 saturated carbocycles. The highest BCUT2D eigenvalue weighted by Crippen LogP contribution is 2.45. The molecule has 1 aromatic carbocycles. The minimum absolute atomic E-state index is 0. The Morgan fingerprint density at radius 3 is 2.82 bits per heavy atom. The summed E-state index contributed by atoms with van der Waals surface area (Å²) in [6, 6.07) is 8.85. The Morgan fingerprint density at radius 1 is 1.32 bits per heavy atom. The number of aromatic nitrogens is 1. The number of piperidine rings is 1. The lowest BCUT2D eigenvalue weighted by Crippen LogP contribution is -2.47. The van der Waals surface area contributed by atoms with Crippen LogP contribution < -0.4 is 0 Å². The van der Waals surface area contributed by atoms with Crippen LogP contribution in [0.2, 0.25) is 0 Å². The zero-order chi connectivity index (χ0) is 19.0. The molecule has 0 amide bonds. The van der Waals surface area contributed by atoms with Gasteiger partial charge in [-0.05, 0) is 36.3 Å². The fourth-order valence-electron chi connectivity index (χ4n) is 5.04. The molecule has 152 valence electrons. The van der Waals surface area contributed by atoms with Crippen molar-refractivity contribution in [1.82, 2.24) is 9.88 Å².